The molecule has 13 heavy (non-hydrogen) atoms. The number of halogens is 1. The van der Waals surface area contributed by atoms with Crippen LogP contribution in [0.1, 0.15) is 0 Å². The van der Waals surface area contributed by atoms with Crippen molar-refractivity contribution in [3.05, 3.63) is 42.6 Å². The fraction of sp³-hybridized carbons (Fsp3) is 0.200. The smallest absolute Gasteiger partial charge is 0.432 e. The fourth-order valence-electron chi connectivity index (χ4n) is 1.02. The van der Waals surface area contributed by atoms with Gasteiger partial charge in [0.15, 0.2) is 0 Å². The average molecular weight is 233 g/mol. The van der Waals surface area contributed by atoms with Gasteiger partial charge in [0, 0.05) is 10.2 Å². The van der Waals surface area contributed by atoms with E-state index in [1.807, 2.05) is 12.1 Å². The second-order valence-electron chi connectivity index (χ2n) is 2.46. The van der Waals surface area contributed by atoms with Crippen LogP contribution in [0.5, 0.6) is 0 Å². The second-order valence-corrected chi connectivity index (χ2v) is 3.38. The van der Waals surface area contributed by atoms with Crippen molar-refractivity contribution in [3.63, 3.8) is 0 Å². The maximum absolute atomic E-state index is 3.83. The third-order valence-corrected chi connectivity index (χ3v) is 2.26. The van der Waals surface area contributed by atoms with Gasteiger partial charge in [-0.2, -0.15) is 0 Å². The molecule has 3 heteroatoms. The molecular formula is C10H12BrLiN-. The van der Waals surface area contributed by atoms with Crippen LogP contribution in [0.15, 0.2) is 28.7 Å². The van der Waals surface area contributed by atoms with E-state index in [9.17, 15) is 0 Å². The Morgan fingerprint density at radius 1 is 1.08 bits per heavy atom. The molecule has 1 aromatic rings. The van der Waals surface area contributed by atoms with Crippen LogP contribution in [0.4, 0.5) is 5.69 Å². The van der Waals surface area contributed by atoms with E-state index in [1.165, 1.54) is 5.69 Å². The van der Waals surface area contributed by atoms with E-state index in [-0.39, 0.29) is 18.9 Å². The Bertz CT molecular complexity index is 231. The molecule has 0 radical (unpaired) electrons. The second kappa shape index (κ2) is 6.54. The number of anilines is 1. The first-order valence-electron chi connectivity index (χ1n) is 3.87. The molecule has 0 aliphatic carbocycles. The van der Waals surface area contributed by atoms with Gasteiger partial charge in [0.2, 0.25) is 0 Å². The van der Waals surface area contributed by atoms with Gasteiger partial charge in [0.1, 0.15) is 0 Å². The van der Waals surface area contributed by atoms with Crippen LogP contribution < -0.4 is 23.8 Å². The van der Waals surface area contributed by atoms with Crippen molar-refractivity contribution in [1.82, 2.24) is 0 Å². The van der Waals surface area contributed by atoms with Crippen LogP contribution in [-0.4, -0.2) is 13.1 Å². The molecule has 1 nitrogen and oxygen atoms in total. The van der Waals surface area contributed by atoms with Gasteiger partial charge in [0.05, 0.1) is 0 Å². The van der Waals surface area contributed by atoms with E-state index in [0.29, 0.717) is 0 Å². The molecule has 1 rings (SSSR count). The van der Waals surface area contributed by atoms with Crippen molar-refractivity contribution >= 4 is 21.6 Å². The molecule has 0 saturated carbocycles. The minimum absolute atomic E-state index is 0. The summed E-state index contributed by atoms with van der Waals surface area (Å²) in [7, 11) is 0. The quantitative estimate of drug-likeness (QED) is 0.521. The zero-order chi connectivity index (χ0) is 8.97. The predicted octanol–water partition coefficient (Wildman–Crippen LogP) is -0.0723. The summed E-state index contributed by atoms with van der Waals surface area (Å²) >= 11 is 3.39. The summed E-state index contributed by atoms with van der Waals surface area (Å²) in [6.07, 6.45) is 0. The monoisotopic (exact) mass is 232 g/mol. The number of nitrogens with zero attached hydrogens (tertiary/aromatic N) is 1. The largest absolute Gasteiger partial charge is 1.00 e. The normalized spacial score (nSPS) is 9.15. The Morgan fingerprint density at radius 3 is 1.92 bits per heavy atom. The molecule has 0 atom stereocenters. The predicted molar refractivity (Wildman–Crippen MR) is 57.1 cm³/mol. The summed E-state index contributed by atoms with van der Waals surface area (Å²) in [5, 5.41) is 0. The van der Waals surface area contributed by atoms with Gasteiger partial charge >= 0.3 is 18.9 Å². The first-order chi connectivity index (χ1) is 5.77. The summed E-state index contributed by atoms with van der Waals surface area (Å²) < 4.78 is 1.10. The number of rotatable bonds is 3. The summed E-state index contributed by atoms with van der Waals surface area (Å²) in [4.78, 5) is 2.10. The average Bonchev–Trinajstić information content (AvgIpc) is 2.10. The summed E-state index contributed by atoms with van der Waals surface area (Å²) in [5.74, 6) is 0. The van der Waals surface area contributed by atoms with Crippen molar-refractivity contribution in [2.45, 2.75) is 0 Å². The topological polar surface area (TPSA) is 3.24 Å². The first-order valence-corrected chi connectivity index (χ1v) is 4.66. The summed E-state index contributed by atoms with van der Waals surface area (Å²) in [6.45, 7) is 9.17. The third kappa shape index (κ3) is 3.77. The van der Waals surface area contributed by atoms with Gasteiger partial charge in [0.25, 0.3) is 0 Å². The Labute approximate surface area is 101 Å². The van der Waals surface area contributed by atoms with Crippen molar-refractivity contribution in [1.29, 1.82) is 0 Å². The fourth-order valence-corrected chi connectivity index (χ4v) is 1.29. The Hall–Kier alpha value is 0.0974. The Balaban J connectivity index is 0.00000144. The molecule has 0 bridgehead atoms. The molecule has 0 aliphatic heterocycles. The standard InChI is InChI=1S/C10H12BrN.Li/c1-3-12(4-2)10-7-5-9(11)6-8-10;/h5-8H,1-4H2;/q-2;+1. The van der Waals surface area contributed by atoms with Gasteiger partial charge < -0.3 is 18.7 Å². The zero-order valence-electron chi connectivity index (χ0n) is 7.96. The molecule has 0 heterocycles. The molecule has 0 saturated heterocycles. The Morgan fingerprint density at radius 2 is 1.54 bits per heavy atom. The van der Waals surface area contributed by atoms with Crippen LogP contribution in [0.25, 0.3) is 0 Å². The van der Waals surface area contributed by atoms with E-state index in [0.717, 1.165) is 17.6 Å². The van der Waals surface area contributed by atoms with E-state index in [4.69, 9.17) is 0 Å². The van der Waals surface area contributed by atoms with Crippen LogP contribution >= 0.6 is 15.9 Å². The van der Waals surface area contributed by atoms with Crippen LogP contribution in [0.3, 0.4) is 0 Å². The van der Waals surface area contributed by atoms with Gasteiger partial charge in [-0.25, -0.2) is 0 Å². The van der Waals surface area contributed by atoms with Crippen LogP contribution in [0.2, 0.25) is 0 Å². The van der Waals surface area contributed by atoms with E-state index in [1.54, 1.807) is 0 Å². The molecule has 0 fully saturated rings. The molecule has 1 aromatic carbocycles. The molecular weight excluding hydrogens is 221 g/mol. The van der Waals surface area contributed by atoms with Crippen LogP contribution in [0, 0.1) is 13.8 Å². The summed E-state index contributed by atoms with van der Waals surface area (Å²) in [5.41, 5.74) is 1.17. The molecule has 0 N–H and O–H groups in total. The van der Waals surface area contributed by atoms with E-state index < -0.39 is 0 Å². The SMILES string of the molecule is [CH2-]CN(C[CH2-])c1ccc(Br)cc1.[Li+]. The van der Waals surface area contributed by atoms with Crippen molar-refractivity contribution in [3.8, 4) is 0 Å². The number of benzene rings is 1. The maximum atomic E-state index is 3.83. The van der Waals surface area contributed by atoms with Gasteiger partial charge in [-0.1, -0.05) is 15.9 Å². The van der Waals surface area contributed by atoms with Crippen molar-refractivity contribution in [2.75, 3.05) is 18.0 Å². The maximum Gasteiger partial charge on any atom is 1.00 e. The van der Waals surface area contributed by atoms with Gasteiger partial charge in [-0.3, -0.25) is 0 Å². The molecule has 0 unspecified atom stereocenters. The molecule has 66 valence electrons. The Kier molecular flexibility index (Phi) is 6.59. The molecule has 0 spiro atoms. The summed E-state index contributed by atoms with van der Waals surface area (Å²) in [6, 6.07) is 8.15. The molecule has 0 aliphatic rings. The van der Waals surface area contributed by atoms with Gasteiger partial charge in [-0.05, 0) is 24.3 Å². The number of hydrogen-bond acceptors (Lipinski definition) is 1. The van der Waals surface area contributed by atoms with E-state index in [2.05, 4.69) is 46.8 Å². The van der Waals surface area contributed by atoms with E-state index >= 15 is 0 Å². The number of hydrogen-bond donors (Lipinski definition) is 0. The zero-order valence-corrected chi connectivity index (χ0v) is 9.55. The minimum Gasteiger partial charge on any atom is -0.432 e. The first kappa shape index (κ1) is 13.1. The van der Waals surface area contributed by atoms with Crippen LogP contribution in [-0.2, 0) is 0 Å². The third-order valence-electron chi connectivity index (χ3n) is 1.73. The minimum atomic E-state index is 0. The molecule has 0 aromatic heterocycles. The van der Waals surface area contributed by atoms with Gasteiger partial charge in [-0.15, -0.1) is 13.1 Å². The van der Waals surface area contributed by atoms with Crippen molar-refractivity contribution in [2.24, 2.45) is 0 Å². The molecule has 0 amide bonds. The van der Waals surface area contributed by atoms with Crippen molar-refractivity contribution < 1.29 is 18.9 Å².